The van der Waals surface area contributed by atoms with Gasteiger partial charge in [0.25, 0.3) is 0 Å². The molecule has 0 heterocycles. The van der Waals surface area contributed by atoms with E-state index >= 15 is 0 Å². The number of aliphatic hydroxyl groups excluding tert-OH is 2. The lowest BCUT2D eigenvalue weighted by molar-refractivity contribution is -0.123. The Kier molecular flexibility index (Phi) is 70.7. The van der Waals surface area contributed by atoms with Gasteiger partial charge in [0.1, 0.15) is 0 Å². The summed E-state index contributed by atoms with van der Waals surface area (Å²) in [6, 6.07) is -0.642. The Morgan fingerprint density at radius 2 is 0.549 bits per heavy atom. The number of carbonyl (C=O) groups excluding carboxylic acids is 1. The molecule has 0 aliphatic rings. The van der Waals surface area contributed by atoms with Gasteiger partial charge in [0.05, 0.1) is 18.8 Å². The van der Waals surface area contributed by atoms with E-state index in [1.54, 1.807) is 6.08 Å². The Balaban J connectivity index is 3.44. The maximum Gasteiger partial charge on any atom is 0.220 e. The summed E-state index contributed by atoms with van der Waals surface area (Å²) in [6.07, 6.45) is 107. The van der Waals surface area contributed by atoms with Gasteiger partial charge in [0, 0.05) is 6.42 Å². The van der Waals surface area contributed by atoms with Crippen LogP contribution in [0.4, 0.5) is 0 Å². The Labute approximate surface area is 513 Å². The van der Waals surface area contributed by atoms with Gasteiger partial charge >= 0.3 is 0 Å². The Morgan fingerprint density at radius 1 is 0.305 bits per heavy atom. The third kappa shape index (κ3) is 68.4. The van der Waals surface area contributed by atoms with Crippen molar-refractivity contribution < 1.29 is 15.0 Å². The van der Waals surface area contributed by atoms with E-state index in [9.17, 15) is 15.0 Å². The number of unbranched alkanes of at least 4 members (excludes halogenated alkanes) is 49. The lowest BCUT2D eigenvalue weighted by Crippen LogP contribution is -2.45. The summed E-state index contributed by atoms with van der Waals surface area (Å²) in [6.45, 7) is 4.22. The van der Waals surface area contributed by atoms with Gasteiger partial charge < -0.3 is 15.5 Å². The quantitative estimate of drug-likeness (QED) is 0.0420. The normalized spacial score (nSPS) is 13.2. The molecule has 478 valence electrons. The molecule has 0 radical (unpaired) electrons. The number of aliphatic hydroxyl groups is 2. The Hall–Kier alpha value is -2.43. The molecular weight excluding hydrogens is 999 g/mol. The molecule has 82 heavy (non-hydrogen) atoms. The standard InChI is InChI=1S/C78H143NO3/c1-3-5-7-9-11-13-15-17-19-21-23-25-27-29-31-33-34-35-36-37-38-39-40-41-42-43-44-46-48-50-52-54-56-58-60-62-64-66-68-70-72-74-78(82)79-76(75-80)77(81)73-71-69-67-65-63-61-59-57-55-53-51-49-47-45-32-30-28-26-24-22-20-18-16-14-12-10-8-6-4-2/h5,7,11,13,17,19,23,25,29,31,63,65,71,73,76-77,80-81H,3-4,6,8-10,12,14-16,18,20-22,24,26-28,30,32-62,64,66-70,72,74-75H2,1-2H3,(H,79,82)/b7-5-,13-11-,19-17-,25-23-,31-29-,65-63+,73-71+. The molecule has 0 aromatic carbocycles. The molecule has 2 unspecified atom stereocenters. The molecule has 0 aliphatic carbocycles. The molecule has 0 aliphatic heterocycles. The van der Waals surface area contributed by atoms with Gasteiger partial charge in [0.2, 0.25) is 5.91 Å². The first-order valence-corrected chi connectivity index (χ1v) is 36.8. The van der Waals surface area contributed by atoms with Crippen molar-refractivity contribution in [3.8, 4) is 0 Å². The number of rotatable bonds is 68. The Morgan fingerprint density at radius 3 is 0.854 bits per heavy atom. The number of amides is 1. The van der Waals surface area contributed by atoms with E-state index in [-0.39, 0.29) is 12.5 Å². The molecule has 2 atom stereocenters. The van der Waals surface area contributed by atoms with E-state index in [2.05, 4.69) is 92.1 Å². The highest BCUT2D eigenvalue weighted by molar-refractivity contribution is 5.76. The molecule has 0 spiro atoms. The van der Waals surface area contributed by atoms with Crippen molar-refractivity contribution >= 4 is 5.91 Å². The zero-order valence-electron chi connectivity index (χ0n) is 55.3. The predicted molar refractivity (Wildman–Crippen MR) is 368 cm³/mol. The molecule has 0 fully saturated rings. The van der Waals surface area contributed by atoms with Crippen LogP contribution in [0.1, 0.15) is 386 Å². The third-order valence-electron chi connectivity index (χ3n) is 16.9. The van der Waals surface area contributed by atoms with Gasteiger partial charge in [-0.25, -0.2) is 0 Å². The fraction of sp³-hybridized carbons (Fsp3) is 0.808. The molecule has 0 rings (SSSR count). The highest BCUT2D eigenvalue weighted by Gasteiger charge is 2.18. The smallest absolute Gasteiger partial charge is 0.220 e. The SMILES string of the molecule is CC/C=C\C/C=C\C/C=C\C/C=C\C/C=C\CCCCCCCCCCCCCCCCCCCCCCCCCCCC(=O)NC(CO)C(O)/C=C/CC/C=C/CCCCCCCCCCCCCCCCCCCCCCCCC. The average molecular weight is 1140 g/mol. The summed E-state index contributed by atoms with van der Waals surface area (Å²) in [7, 11) is 0. The number of allylic oxidation sites excluding steroid dienone is 13. The number of hydrogen-bond donors (Lipinski definition) is 3. The number of carbonyl (C=O) groups is 1. The van der Waals surface area contributed by atoms with Crippen molar-refractivity contribution in [3.63, 3.8) is 0 Å². The first-order chi connectivity index (χ1) is 40.7. The van der Waals surface area contributed by atoms with Gasteiger partial charge in [-0.05, 0) is 77.0 Å². The van der Waals surface area contributed by atoms with Crippen LogP contribution in [0.3, 0.4) is 0 Å². The van der Waals surface area contributed by atoms with Crippen molar-refractivity contribution in [1.29, 1.82) is 0 Å². The predicted octanol–water partition coefficient (Wildman–Crippen LogP) is 25.4. The first kappa shape index (κ1) is 79.6. The van der Waals surface area contributed by atoms with Crippen LogP contribution in [-0.2, 0) is 4.79 Å². The van der Waals surface area contributed by atoms with Gasteiger partial charge in [-0.1, -0.05) is 388 Å². The molecule has 0 bridgehead atoms. The zero-order valence-corrected chi connectivity index (χ0v) is 55.3. The molecule has 1 amide bonds. The van der Waals surface area contributed by atoms with Crippen molar-refractivity contribution in [1.82, 2.24) is 5.32 Å². The van der Waals surface area contributed by atoms with Crippen LogP contribution in [0, 0.1) is 0 Å². The van der Waals surface area contributed by atoms with Crippen molar-refractivity contribution in [3.05, 3.63) is 85.1 Å². The van der Waals surface area contributed by atoms with Crippen molar-refractivity contribution in [2.75, 3.05) is 6.61 Å². The number of nitrogens with one attached hydrogen (secondary N) is 1. The second-order valence-electron chi connectivity index (χ2n) is 25.0. The van der Waals surface area contributed by atoms with Gasteiger partial charge in [-0.3, -0.25) is 4.79 Å². The molecule has 4 heteroatoms. The topological polar surface area (TPSA) is 69.6 Å². The van der Waals surface area contributed by atoms with E-state index in [0.29, 0.717) is 6.42 Å². The monoisotopic (exact) mass is 1140 g/mol. The van der Waals surface area contributed by atoms with E-state index in [1.807, 2.05) is 6.08 Å². The maximum atomic E-state index is 12.5. The first-order valence-electron chi connectivity index (χ1n) is 36.8. The van der Waals surface area contributed by atoms with Crippen molar-refractivity contribution in [2.45, 2.75) is 398 Å². The minimum absolute atomic E-state index is 0.0673. The van der Waals surface area contributed by atoms with E-state index in [0.717, 1.165) is 64.2 Å². The second kappa shape index (κ2) is 72.8. The number of hydrogen-bond acceptors (Lipinski definition) is 3. The summed E-state index contributed by atoms with van der Waals surface area (Å²) in [5.74, 6) is -0.0673. The van der Waals surface area contributed by atoms with Crippen LogP contribution in [-0.4, -0.2) is 34.9 Å². The second-order valence-corrected chi connectivity index (χ2v) is 25.0. The lowest BCUT2D eigenvalue weighted by Gasteiger charge is -2.19. The summed E-state index contributed by atoms with van der Waals surface area (Å²) < 4.78 is 0. The molecule has 0 saturated carbocycles. The van der Waals surface area contributed by atoms with E-state index < -0.39 is 12.1 Å². The van der Waals surface area contributed by atoms with Crippen LogP contribution in [0.15, 0.2) is 85.1 Å². The highest BCUT2D eigenvalue weighted by Crippen LogP contribution is 2.19. The molecule has 0 aromatic rings. The summed E-state index contributed by atoms with van der Waals surface area (Å²) in [4.78, 5) is 12.5. The summed E-state index contributed by atoms with van der Waals surface area (Å²) in [5, 5.41) is 23.3. The van der Waals surface area contributed by atoms with Crippen LogP contribution >= 0.6 is 0 Å². The van der Waals surface area contributed by atoms with Crippen LogP contribution in [0.5, 0.6) is 0 Å². The minimum atomic E-state index is -0.865. The van der Waals surface area contributed by atoms with E-state index in [4.69, 9.17) is 0 Å². The van der Waals surface area contributed by atoms with Gasteiger partial charge in [-0.15, -0.1) is 0 Å². The maximum absolute atomic E-state index is 12.5. The molecule has 0 saturated heterocycles. The van der Waals surface area contributed by atoms with Crippen LogP contribution < -0.4 is 5.32 Å². The van der Waals surface area contributed by atoms with E-state index in [1.165, 1.54) is 302 Å². The summed E-state index contributed by atoms with van der Waals surface area (Å²) >= 11 is 0. The van der Waals surface area contributed by atoms with Gasteiger partial charge in [-0.2, -0.15) is 0 Å². The highest BCUT2D eigenvalue weighted by atomic mass is 16.3. The molecule has 3 N–H and O–H groups in total. The van der Waals surface area contributed by atoms with Crippen LogP contribution in [0.25, 0.3) is 0 Å². The van der Waals surface area contributed by atoms with Gasteiger partial charge in [0.15, 0.2) is 0 Å². The fourth-order valence-corrected chi connectivity index (χ4v) is 11.3. The average Bonchev–Trinajstić information content (AvgIpc) is 3.50. The summed E-state index contributed by atoms with van der Waals surface area (Å²) in [5.41, 5.74) is 0. The molecule has 4 nitrogen and oxygen atoms in total. The molecular formula is C78H143NO3. The largest absolute Gasteiger partial charge is 0.394 e. The zero-order chi connectivity index (χ0) is 59.1. The lowest BCUT2D eigenvalue weighted by atomic mass is 10.0. The third-order valence-corrected chi connectivity index (χ3v) is 16.9. The fourth-order valence-electron chi connectivity index (χ4n) is 11.3. The molecule has 0 aromatic heterocycles. The minimum Gasteiger partial charge on any atom is -0.394 e. The van der Waals surface area contributed by atoms with Crippen molar-refractivity contribution in [2.24, 2.45) is 0 Å². The van der Waals surface area contributed by atoms with Crippen LogP contribution in [0.2, 0.25) is 0 Å². The Bertz CT molecular complexity index is 1440.